The molecule has 0 fully saturated rings. The number of fused-ring (bicyclic) bond motifs is 2. The molecule has 1 aromatic heterocycles. The third kappa shape index (κ3) is 3.60. The highest BCUT2D eigenvalue weighted by Crippen LogP contribution is 2.30. The zero-order valence-electron chi connectivity index (χ0n) is 15.8. The Labute approximate surface area is 163 Å². The van der Waals surface area contributed by atoms with Gasteiger partial charge in [0.15, 0.2) is 6.10 Å². The summed E-state index contributed by atoms with van der Waals surface area (Å²) >= 11 is 0. The summed E-state index contributed by atoms with van der Waals surface area (Å²) in [7, 11) is 0. The minimum Gasteiger partial charge on any atom is -0.449 e. The van der Waals surface area contributed by atoms with Gasteiger partial charge in [-0.1, -0.05) is 36.4 Å². The van der Waals surface area contributed by atoms with E-state index in [-0.39, 0.29) is 5.91 Å². The molecule has 0 aliphatic heterocycles. The molecule has 1 amide bonds. The smallest absolute Gasteiger partial charge is 0.339 e. The summed E-state index contributed by atoms with van der Waals surface area (Å²) in [6.07, 6.45) is 2.87. The molecule has 1 aliphatic carbocycles. The Morgan fingerprint density at radius 2 is 1.71 bits per heavy atom. The predicted molar refractivity (Wildman–Crippen MR) is 108 cm³/mol. The number of amides is 1. The minimum atomic E-state index is -0.904. The van der Waals surface area contributed by atoms with Crippen molar-refractivity contribution in [2.24, 2.45) is 0 Å². The van der Waals surface area contributed by atoms with Crippen molar-refractivity contribution in [3.8, 4) is 0 Å². The molecule has 1 atom stereocenters. The summed E-state index contributed by atoms with van der Waals surface area (Å²) in [6, 6.07) is 16.7. The summed E-state index contributed by atoms with van der Waals surface area (Å²) < 4.78 is 5.57. The first-order valence-electron chi connectivity index (χ1n) is 9.61. The number of hydrogen-bond acceptors (Lipinski definition) is 4. The van der Waals surface area contributed by atoms with Gasteiger partial charge in [0.1, 0.15) is 0 Å². The number of benzene rings is 2. The lowest BCUT2D eigenvalue weighted by Crippen LogP contribution is -2.30. The molecular weight excluding hydrogens is 352 g/mol. The van der Waals surface area contributed by atoms with Crippen molar-refractivity contribution in [1.29, 1.82) is 0 Å². The first-order chi connectivity index (χ1) is 13.6. The Morgan fingerprint density at radius 3 is 2.54 bits per heavy atom. The van der Waals surface area contributed by atoms with Crippen LogP contribution in [-0.4, -0.2) is 23.0 Å². The maximum atomic E-state index is 13.1. The molecule has 0 saturated carbocycles. The zero-order chi connectivity index (χ0) is 19.5. The van der Waals surface area contributed by atoms with Crippen molar-refractivity contribution in [3.63, 3.8) is 0 Å². The van der Waals surface area contributed by atoms with Gasteiger partial charge in [0.25, 0.3) is 5.91 Å². The lowest BCUT2D eigenvalue weighted by Gasteiger charge is -2.21. The number of para-hydroxylation sites is 2. The van der Waals surface area contributed by atoms with E-state index in [2.05, 4.69) is 5.32 Å². The molecule has 0 bridgehead atoms. The second-order valence-corrected chi connectivity index (χ2v) is 7.04. The van der Waals surface area contributed by atoms with Crippen LogP contribution in [0.1, 0.15) is 41.4 Å². The van der Waals surface area contributed by atoms with Crippen LogP contribution in [0.4, 0.5) is 5.69 Å². The Hall–Kier alpha value is -3.21. The average molecular weight is 374 g/mol. The number of carbonyl (C=O) groups excluding carboxylic acids is 2. The molecule has 0 unspecified atom stereocenters. The number of carbonyl (C=O) groups is 2. The summed E-state index contributed by atoms with van der Waals surface area (Å²) in [6.45, 7) is 1.59. The van der Waals surface area contributed by atoms with Gasteiger partial charge in [-0.2, -0.15) is 0 Å². The van der Waals surface area contributed by atoms with Crippen molar-refractivity contribution in [3.05, 3.63) is 71.4 Å². The fourth-order valence-corrected chi connectivity index (χ4v) is 3.64. The topological polar surface area (TPSA) is 68.3 Å². The molecule has 5 heteroatoms. The number of aromatic nitrogens is 1. The lowest BCUT2D eigenvalue weighted by atomic mass is 9.90. The van der Waals surface area contributed by atoms with Gasteiger partial charge in [0, 0.05) is 16.8 Å². The number of nitrogens with zero attached hydrogens (tertiary/aromatic N) is 1. The molecule has 0 saturated heterocycles. The first-order valence-corrected chi connectivity index (χ1v) is 9.61. The number of ether oxygens (including phenoxy) is 1. The molecule has 4 rings (SSSR count). The molecule has 1 N–H and O–H groups in total. The number of hydrogen-bond donors (Lipinski definition) is 1. The molecule has 28 heavy (non-hydrogen) atoms. The van der Waals surface area contributed by atoms with E-state index in [0.717, 1.165) is 47.8 Å². The highest BCUT2D eigenvalue weighted by molar-refractivity contribution is 6.06. The fraction of sp³-hybridized carbons (Fsp3) is 0.261. The second kappa shape index (κ2) is 7.80. The molecule has 0 radical (unpaired) electrons. The second-order valence-electron chi connectivity index (χ2n) is 7.04. The molecule has 2 aromatic carbocycles. The summed E-state index contributed by atoms with van der Waals surface area (Å²) in [5.41, 5.74) is 3.95. The van der Waals surface area contributed by atoms with E-state index in [0.29, 0.717) is 11.3 Å². The first kappa shape index (κ1) is 18.2. The Kier molecular flexibility index (Phi) is 5.06. The maximum Gasteiger partial charge on any atom is 0.339 e. The van der Waals surface area contributed by atoms with Crippen LogP contribution in [0.2, 0.25) is 0 Å². The van der Waals surface area contributed by atoms with Crippen LogP contribution in [0.3, 0.4) is 0 Å². The van der Waals surface area contributed by atoms with Crippen LogP contribution in [-0.2, 0) is 22.4 Å². The molecule has 1 aliphatic rings. The van der Waals surface area contributed by atoms with Crippen LogP contribution in [0, 0.1) is 0 Å². The quantitative estimate of drug-likeness (QED) is 0.692. The van der Waals surface area contributed by atoms with Gasteiger partial charge < -0.3 is 10.1 Å². The largest absolute Gasteiger partial charge is 0.449 e. The predicted octanol–water partition coefficient (Wildman–Crippen LogP) is 4.30. The molecule has 3 aromatic rings. The van der Waals surface area contributed by atoms with Crippen molar-refractivity contribution in [1.82, 2.24) is 4.98 Å². The number of anilines is 1. The molecule has 1 heterocycles. The number of pyridine rings is 1. The highest BCUT2D eigenvalue weighted by atomic mass is 16.5. The monoisotopic (exact) mass is 374 g/mol. The zero-order valence-corrected chi connectivity index (χ0v) is 15.8. The van der Waals surface area contributed by atoms with Crippen molar-refractivity contribution < 1.29 is 14.3 Å². The van der Waals surface area contributed by atoms with Crippen LogP contribution >= 0.6 is 0 Å². The molecule has 5 nitrogen and oxygen atoms in total. The van der Waals surface area contributed by atoms with Crippen LogP contribution in [0.25, 0.3) is 10.9 Å². The van der Waals surface area contributed by atoms with Crippen molar-refractivity contribution >= 4 is 28.5 Å². The van der Waals surface area contributed by atoms with E-state index < -0.39 is 12.1 Å². The number of aryl methyl sites for hydroxylation is 1. The molecule has 0 spiro atoms. The van der Waals surface area contributed by atoms with Crippen LogP contribution in [0.5, 0.6) is 0 Å². The molecule has 142 valence electrons. The number of esters is 1. The average Bonchev–Trinajstić information content (AvgIpc) is 2.72. The lowest BCUT2D eigenvalue weighted by molar-refractivity contribution is -0.123. The van der Waals surface area contributed by atoms with E-state index in [4.69, 9.17) is 9.72 Å². The van der Waals surface area contributed by atoms with Gasteiger partial charge >= 0.3 is 5.97 Å². The van der Waals surface area contributed by atoms with Gasteiger partial charge in [0.05, 0.1) is 11.1 Å². The van der Waals surface area contributed by atoms with E-state index in [9.17, 15) is 9.59 Å². The Morgan fingerprint density at radius 1 is 1.00 bits per heavy atom. The normalized spacial score (nSPS) is 14.2. The van der Waals surface area contributed by atoms with Crippen molar-refractivity contribution in [2.45, 2.75) is 38.7 Å². The van der Waals surface area contributed by atoms with E-state index in [1.54, 1.807) is 19.1 Å². The fourth-order valence-electron chi connectivity index (χ4n) is 3.64. The van der Waals surface area contributed by atoms with Crippen LogP contribution in [0.15, 0.2) is 54.6 Å². The highest BCUT2D eigenvalue weighted by Gasteiger charge is 2.26. The number of rotatable bonds is 4. The standard InChI is InChI=1S/C23H22N2O3/c1-15(22(26)24-16-9-3-2-4-10-16)28-23(27)21-17-11-5-7-13-19(17)25-20-14-8-6-12-18(20)21/h2-5,7,9-11,13,15H,6,8,12,14H2,1H3,(H,24,26)/t15-/m0/s1. The van der Waals surface area contributed by atoms with E-state index >= 15 is 0 Å². The van der Waals surface area contributed by atoms with Gasteiger partial charge in [-0.05, 0) is 56.4 Å². The van der Waals surface area contributed by atoms with Gasteiger partial charge in [-0.25, -0.2) is 4.79 Å². The van der Waals surface area contributed by atoms with E-state index in [1.807, 2.05) is 42.5 Å². The van der Waals surface area contributed by atoms with E-state index in [1.165, 1.54) is 0 Å². The SMILES string of the molecule is C[C@H](OC(=O)c1c2c(nc3ccccc13)CCCC2)C(=O)Nc1ccccc1. The van der Waals surface area contributed by atoms with Gasteiger partial charge in [-0.15, -0.1) is 0 Å². The Bertz CT molecular complexity index is 1030. The van der Waals surface area contributed by atoms with Gasteiger partial charge in [-0.3, -0.25) is 9.78 Å². The Balaban J connectivity index is 1.61. The third-order valence-electron chi connectivity index (χ3n) is 5.07. The van der Waals surface area contributed by atoms with Crippen LogP contribution < -0.4 is 5.32 Å². The van der Waals surface area contributed by atoms with Gasteiger partial charge in [0.2, 0.25) is 0 Å². The minimum absolute atomic E-state index is 0.355. The third-order valence-corrected chi connectivity index (χ3v) is 5.07. The summed E-state index contributed by atoms with van der Waals surface area (Å²) in [4.78, 5) is 30.2. The molecular formula is C23H22N2O3. The summed E-state index contributed by atoms with van der Waals surface area (Å²) in [5, 5.41) is 3.55. The number of nitrogens with one attached hydrogen (secondary N) is 1. The maximum absolute atomic E-state index is 13.1. The van der Waals surface area contributed by atoms with Crippen molar-refractivity contribution in [2.75, 3.05) is 5.32 Å². The summed E-state index contributed by atoms with van der Waals surface area (Å²) in [5.74, 6) is -0.820.